The van der Waals surface area contributed by atoms with Gasteiger partial charge in [-0.3, -0.25) is 0 Å². The number of aromatic nitrogens is 3. The summed E-state index contributed by atoms with van der Waals surface area (Å²) in [6.07, 6.45) is -3.32. The molecule has 1 heterocycles. The molecular formula is C11H8F4N4O2S. The topological polar surface area (TPSA) is 77.2 Å². The van der Waals surface area contributed by atoms with Crippen molar-refractivity contribution in [3.8, 4) is 0 Å². The van der Waals surface area contributed by atoms with Crippen LogP contribution in [0, 0.1) is 5.82 Å². The lowest BCUT2D eigenvalue weighted by Gasteiger charge is -2.05. The molecule has 0 aliphatic carbocycles. The van der Waals surface area contributed by atoms with Gasteiger partial charge < -0.3 is 0 Å². The summed E-state index contributed by atoms with van der Waals surface area (Å²) in [4.78, 5) is 0. The summed E-state index contributed by atoms with van der Waals surface area (Å²) in [6, 6.07) is 4.68. The zero-order valence-electron chi connectivity index (χ0n) is 10.9. The molecule has 0 saturated heterocycles. The van der Waals surface area contributed by atoms with Crippen LogP contribution in [0.5, 0.6) is 0 Å². The molecule has 2 aromatic rings. The van der Waals surface area contributed by atoms with Gasteiger partial charge in [-0.2, -0.15) is 22.9 Å². The molecule has 0 spiro atoms. The molecule has 0 bridgehead atoms. The van der Waals surface area contributed by atoms with E-state index in [2.05, 4.69) is 15.3 Å². The van der Waals surface area contributed by atoms with Crippen LogP contribution in [0.25, 0.3) is 0 Å². The van der Waals surface area contributed by atoms with Crippen LogP contribution in [-0.4, -0.2) is 35.8 Å². The van der Waals surface area contributed by atoms with Gasteiger partial charge in [0.15, 0.2) is 0 Å². The first kappa shape index (κ1) is 16.1. The van der Waals surface area contributed by atoms with Crippen molar-refractivity contribution in [2.75, 3.05) is 6.26 Å². The van der Waals surface area contributed by atoms with Crippen molar-refractivity contribution in [2.24, 2.45) is 5.10 Å². The molecule has 1 aromatic heterocycles. The van der Waals surface area contributed by atoms with E-state index in [9.17, 15) is 26.0 Å². The Bertz CT molecular complexity index is 810. The molecule has 0 aliphatic rings. The van der Waals surface area contributed by atoms with Crippen molar-refractivity contribution in [3.05, 3.63) is 41.5 Å². The zero-order valence-corrected chi connectivity index (χ0v) is 11.7. The van der Waals surface area contributed by atoms with E-state index in [1.165, 1.54) is 12.1 Å². The highest BCUT2D eigenvalue weighted by Gasteiger charge is 2.40. The van der Waals surface area contributed by atoms with Gasteiger partial charge in [-0.15, -0.1) is 10.2 Å². The molecule has 0 unspecified atom stereocenters. The number of rotatable bonds is 3. The molecule has 0 radical (unpaired) electrons. The lowest BCUT2D eigenvalue weighted by Crippen LogP contribution is -2.15. The molecule has 1 aromatic carbocycles. The Morgan fingerprint density at radius 3 is 2.27 bits per heavy atom. The van der Waals surface area contributed by atoms with Gasteiger partial charge in [-0.1, -0.05) is 12.1 Å². The lowest BCUT2D eigenvalue weighted by molar-refractivity contribution is -0.147. The van der Waals surface area contributed by atoms with Crippen LogP contribution in [0.1, 0.15) is 11.4 Å². The van der Waals surface area contributed by atoms with Gasteiger partial charge in [0.1, 0.15) is 5.82 Å². The Kier molecular flexibility index (Phi) is 4.00. The maximum absolute atomic E-state index is 12.8. The average molecular weight is 336 g/mol. The summed E-state index contributed by atoms with van der Waals surface area (Å²) in [5.74, 6) is -2.11. The van der Waals surface area contributed by atoms with Gasteiger partial charge in [-0.25, -0.2) is 12.8 Å². The molecule has 6 nitrogen and oxygen atoms in total. The SMILES string of the molecule is CS(=O)(=O)c1nnc(C(F)(F)F)n1/N=C/c1ccc(F)cc1. The van der Waals surface area contributed by atoms with Gasteiger partial charge in [0.05, 0.1) is 6.21 Å². The van der Waals surface area contributed by atoms with Gasteiger partial charge in [-0.05, 0) is 17.7 Å². The van der Waals surface area contributed by atoms with E-state index < -0.39 is 32.8 Å². The quantitative estimate of drug-likeness (QED) is 0.632. The maximum Gasteiger partial charge on any atom is 0.453 e. The molecule has 22 heavy (non-hydrogen) atoms. The Labute approximate surface area is 122 Å². The molecule has 0 saturated carbocycles. The second kappa shape index (κ2) is 5.48. The number of alkyl halides is 3. The third-order valence-corrected chi connectivity index (χ3v) is 3.31. The van der Waals surface area contributed by atoms with Crippen molar-refractivity contribution < 1.29 is 26.0 Å². The number of sulfone groups is 1. The van der Waals surface area contributed by atoms with Crippen LogP contribution >= 0.6 is 0 Å². The second-order valence-corrected chi connectivity index (χ2v) is 6.09. The van der Waals surface area contributed by atoms with Crippen molar-refractivity contribution in [1.29, 1.82) is 0 Å². The van der Waals surface area contributed by atoms with Crippen molar-refractivity contribution in [2.45, 2.75) is 11.3 Å². The smallest absolute Gasteiger partial charge is 0.221 e. The molecule has 118 valence electrons. The third kappa shape index (κ3) is 3.47. The van der Waals surface area contributed by atoms with Crippen LogP contribution in [0.15, 0.2) is 34.5 Å². The predicted molar refractivity (Wildman–Crippen MR) is 67.5 cm³/mol. The summed E-state index contributed by atoms with van der Waals surface area (Å²) in [5, 5.41) is 8.32. The number of nitrogens with zero attached hydrogens (tertiary/aromatic N) is 4. The van der Waals surface area contributed by atoms with E-state index in [4.69, 9.17) is 0 Å². The molecule has 0 atom stereocenters. The minimum absolute atomic E-state index is 0.0820. The van der Waals surface area contributed by atoms with Gasteiger partial charge >= 0.3 is 6.18 Å². The Hall–Kier alpha value is -2.30. The zero-order chi connectivity index (χ0) is 16.5. The summed E-state index contributed by atoms with van der Waals surface area (Å²) in [7, 11) is -4.07. The Morgan fingerprint density at radius 1 is 1.18 bits per heavy atom. The first-order valence-corrected chi connectivity index (χ1v) is 7.51. The van der Waals surface area contributed by atoms with Crippen molar-refractivity contribution >= 4 is 16.1 Å². The van der Waals surface area contributed by atoms with Crippen LogP contribution in [0.4, 0.5) is 17.6 Å². The van der Waals surface area contributed by atoms with E-state index in [-0.39, 0.29) is 10.2 Å². The van der Waals surface area contributed by atoms with Crippen LogP contribution in [-0.2, 0) is 16.0 Å². The molecule has 0 amide bonds. The lowest BCUT2D eigenvalue weighted by atomic mass is 10.2. The average Bonchev–Trinajstić information content (AvgIpc) is 2.81. The van der Waals surface area contributed by atoms with E-state index >= 15 is 0 Å². The summed E-state index contributed by atoms with van der Waals surface area (Å²) >= 11 is 0. The van der Waals surface area contributed by atoms with Gasteiger partial charge in [0.2, 0.25) is 9.84 Å². The summed E-state index contributed by atoms with van der Waals surface area (Å²) < 4.78 is 74.1. The van der Waals surface area contributed by atoms with E-state index in [0.717, 1.165) is 18.3 Å². The number of benzene rings is 1. The molecule has 2 rings (SSSR count). The largest absolute Gasteiger partial charge is 0.453 e. The van der Waals surface area contributed by atoms with Crippen molar-refractivity contribution in [3.63, 3.8) is 0 Å². The normalized spacial score (nSPS) is 13.0. The van der Waals surface area contributed by atoms with Crippen molar-refractivity contribution in [1.82, 2.24) is 14.9 Å². The predicted octanol–water partition coefficient (Wildman–Crippen LogP) is 1.72. The number of hydrogen-bond acceptors (Lipinski definition) is 5. The van der Waals surface area contributed by atoms with Gasteiger partial charge in [0, 0.05) is 6.26 Å². The van der Waals surface area contributed by atoms with Gasteiger partial charge in [0.25, 0.3) is 11.0 Å². The summed E-state index contributed by atoms with van der Waals surface area (Å²) in [6.45, 7) is 0. The maximum atomic E-state index is 12.8. The number of halogens is 4. The van der Waals surface area contributed by atoms with E-state index in [0.29, 0.717) is 6.26 Å². The van der Waals surface area contributed by atoms with E-state index in [1.807, 2.05) is 0 Å². The monoisotopic (exact) mass is 336 g/mol. The van der Waals surface area contributed by atoms with Crippen LogP contribution in [0.3, 0.4) is 0 Å². The number of hydrogen-bond donors (Lipinski definition) is 0. The highest BCUT2D eigenvalue weighted by molar-refractivity contribution is 7.90. The Morgan fingerprint density at radius 2 is 1.77 bits per heavy atom. The highest BCUT2D eigenvalue weighted by Crippen LogP contribution is 2.28. The minimum atomic E-state index is -4.93. The molecular weight excluding hydrogens is 328 g/mol. The molecule has 0 aliphatic heterocycles. The molecule has 0 fully saturated rings. The van der Waals surface area contributed by atoms with Crippen LogP contribution in [0.2, 0.25) is 0 Å². The molecule has 0 N–H and O–H groups in total. The van der Waals surface area contributed by atoms with Crippen LogP contribution < -0.4 is 0 Å². The second-order valence-electron chi connectivity index (χ2n) is 4.18. The third-order valence-electron chi connectivity index (χ3n) is 2.39. The standard InChI is InChI=1S/C11H8F4N4O2S/c1-22(20,21)10-18-17-9(11(13,14)15)19(10)16-6-7-2-4-8(12)5-3-7/h2-6H,1H3/b16-6+. The summed E-state index contributed by atoms with van der Waals surface area (Å²) in [5.41, 5.74) is 0.266. The van der Waals surface area contributed by atoms with E-state index in [1.54, 1.807) is 0 Å². The fourth-order valence-electron chi connectivity index (χ4n) is 1.45. The first-order valence-electron chi connectivity index (χ1n) is 5.61. The minimum Gasteiger partial charge on any atom is -0.221 e. The first-order chi connectivity index (χ1) is 10.1. The fraction of sp³-hybridized carbons (Fsp3) is 0.182. The Balaban J connectivity index is 2.52. The fourth-order valence-corrected chi connectivity index (χ4v) is 2.09. The molecule has 11 heteroatoms. The highest BCUT2D eigenvalue weighted by atomic mass is 32.2.